The van der Waals surface area contributed by atoms with Gasteiger partial charge in [0.2, 0.25) is 5.91 Å². The minimum Gasteiger partial charge on any atom is -0.332 e. The molecule has 0 aliphatic carbocycles. The molecule has 3 rings (SSSR count). The second kappa shape index (κ2) is 7.13. The fraction of sp³-hybridized carbons (Fsp3) is 0.444. The third kappa shape index (κ3) is 3.82. The number of rotatable bonds is 4. The number of carbonyl (C=O) groups is 1. The summed E-state index contributed by atoms with van der Waals surface area (Å²) in [6, 6.07) is 8.36. The van der Waals surface area contributed by atoms with Crippen molar-refractivity contribution in [3.05, 3.63) is 53.6 Å². The zero-order valence-corrected chi connectivity index (χ0v) is 14.2. The molecule has 2 heterocycles. The van der Waals surface area contributed by atoms with E-state index in [1.807, 2.05) is 29.7 Å². The average molecular weight is 330 g/mol. The molecule has 0 N–H and O–H groups in total. The van der Waals surface area contributed by atoms with Crippen LogP contribution in [0.25, 0.3) is 0 Å². The van der Waals surface area contributed by atoms with Gasteiger partial charge in [0.1, 0.15) is 5.82 Å². The summed E-state index contributed by atoms with van der Waals surface area (Å²) in [6.45, 7) is 2.16. The molecule has 1 amide bonds. The van der Waals surface area contributed by atoms with Crippen molar-refractivity contribution < 1.29 is 9.18 Å². The largest absolute Gasteiger partial charge is 0.332 e. The molecule has 2 aromatic rings. The topological polar surface area (TPSA) is 41.4 Å². The highest BCUT2D eigenvalue weighted by molar-refractivity contribution is 5.79. The van der Waals surface area contributed by atoms with Crippen LogP contribution < -0.4 is 0 Å². The first-order valence-electron chi connectivity index (χ1n) is 8.22. The highest BCUT2D eigenvalue weighted by atomic mass is 19.1. The standard InChI is InChI=1S/C18H23FN4O/c1-21(2)12-16-7-9-23-17(6-8-20-23)13-22(16)18(24)11-14-4-3-5-15(19)10-14/h3-6,8,10,16H,7,9,11-13H2,1-2H3. The predicted molar refractivity (Wildman–Crippen MR) is 89.8 cm³/mol. The van der Waals surface area contributed by atoms with E-state index in [9.17, 15) is 9.18 Å². The zero-order valence-electron chi connectivity index (χ0n) is 14.2. The number of benzene rings is 1. The Morgan fingerprint density at radius 2 is 2.21 bits per heavy atom. The highest BCUT2D eigenvalue weighted by Crippen LogP contribution is 2.19. The SMILES string of the molecule is CN(C)CC1CCn2nccc2CN1C(=O)Cc1cccc(F)c1. The lowest BCUT2D eigenvalue weighted by Crippen LogP contribution is -2.45. The number of carbonyl (C=O) groups excluding carboxylic acids is 1. The van der Waals surface area contributed by atoms with Crippen LogP contribution >= 0.6 is 0 Å². The lowest BCUT2D eigenvalue weighted by molar-refractivity contribution is -0.133. The van der Waals surface area contributed by atoms with Crippen LogP contribution in [0.15, 0.2) is 36.5 Å². The van der Waals surface area contributed by atoms with Gasteiger partial charge in [-0.15, -0.1) is 0 Å². The molecule has 1 aliphatic rings. The first kappa shape index (κ1) is 16.6. The summed E-state index contributed by atoms with van der Waals surface area (Å²) in [5.41, 5.74) is 1.75. The number of fused-ring (bicyclic) bond motifs is 1. The quantitative estimate of drug-likeness (QED) is 0.860. The van der Waals surface area contributed by atoms with Gasteiger partial charge in [-0.05, 0) is 44.3 Å². The number of hydrogen-bond acceptors (Lipinski definition) is 3. The molecule has 0 spiro atoms. The van der Waals surface area contributed by atoms with Gasteiger partial charge < -0.3 is 9.80 Å². The number of halogens is 1. The van der Waals surface area contributed by atoms with Gasteiger partial charge >= 0.3 is 0 Å². The molecular formula is C18H23FN4O. The molecule has 1 aromatic carbocycles. The molecule has 0 saturated heterocycles. The Bertz CT molecular complexity index is 713. The molecule has 1 atom stereocenters. The van der Waals surface area contributed by atoms with Gasteiger partial charge in [0.05, 0.1) is 18.7 Å². The number of hydrogen-bond donors (Lipinski definition) is 0. The van der Waals surface area contributed by atoms with Crippen LogP contribution in [0.2, 0.25) is 0 Å². The Morgan fingerprint density at radius 1 is 1.38 bits per heavy atom. The van der Waals surface area contributed by atoms with Gasteiger partial charge in [-0.25, -0.2) is 4.39 Å². The number of likely N-dealkylation sites (N-methyl/N-ethyl adjacent to an activating group) is 1. The number of aromatic nitrogens is 2. The highest BCUT2D eigenvalue weighted by Gasteiger charge is 2.28. The molecule has 0 saturated carbocycles. The van der Waals surface area contributed by atoms with E-state index in [1.165, 1.54) is 12.1 Å². The summed E-state index contributed by atoms with van der Waals surface area (Å²) >= 11 is 0. The van der Waals surface area contributed by atoms with E-state index in [0.29, 0.717) is 12.1 Å². The molecular weight excluding hydrogens is 307 g/mol. The third-order valence-corrected chi connectivity index (χ3v) is 4.39. The number of nitrogens with zero attached hydrogens (tertiary/aromatic N) is 4. The summed E-state index contributed by atoms with van der Waals surface area (Å²) in [7, 11) is 4.03. The number of aryl methyl sites for hydroxylation is 1. The number of amides is 1. The Hall–Kier alpha value is -2.21. The van der Waals surface area contributed by atoms with E-state index in [1.54, 1.807) is 18.3 Å². The van der Waals surface area contributed by atoms with Crippen molar-refractivity contribution in [3.8, 4) is 0 Å². The van der Waals surface area contributed by atoms with Crippen LogP contribution in [0.5, 0.6) is 0 Å². The monoisotopic (exact) mass is 330 g/mol. The third-order valence-electron chi connectivity index (χ3n) is 4.39. The van der Waals surface area contributed by atoms with Crippen LogP contribution in [0.4, 0.5) is 4.39 Å². The Morgan fingerprint density at radius 3 is 2.96 bits per heavy atom. The van der Waals surface area contributed by atoms with Crippen molar-refractivity contribution in [2.45, 2.75) is 32.0 Å². The van der Waals surface area contributed by atoms with Crippen molar-refractivity contribution in [2.75, 3.05) is 20.6 Å². The molecule has 0 fully saturated rings. The Labute approximate surface area is 141 Å². The maximum Gasteiger partial charge on any atom is 0.227 e. The first-order valence-corrected chi connectivity index (χ1v) is 8.22. The van der Waals surface area contributed by atoms with E-state index < -0.39 is 0 Å². The summed E-state index contributed by atoms with van der Waals surface area (Å²) in [6.07, 6.45) is 2.86. The molecule has 0 bridgehead atoms. The van der Waals surface area contributed by atoms with Crippen LogP contribution in [-0.2, 0) is 24.3 Å². The van der Waals surface area contributed by atoms with Gasteiger partial charge in [-0.1, -0.05) is 12.1 Å². The lowest BCUT2D eigenvalue weighted by Gasteiger charge is -2.32. The molecule has 0 radical (unpaired) electrons. The molecule has 1 aromatic heterocycles. The summed E-state index contributed by atoms with van der Waals surface area (Å²) in [5.74, 6) is -0.277. The van der Waals surface area contributed by atoms with Crippen molar-refractivity contribution in [1.29, 1.82) is 0 Å². The lowest BCUT2D eigenvalue weighted by atomic mass is 10.1. The minimum atomic E-state index is -0.306. The fourth-order valence-electron chi connectivity index (χ4n) is 3.25. The van der Waals surface area contributed by atoms with E-state index in [2.05, 4.69) is 10.00 Å². The van der Waals surface area contributed by atoms with Gasteiger partial charge in [-0.3, -0.25) is 9.48 Å². The first-order chi connectivity index (χ1) is 11.5. The van der Waals surface area contributed by atoms with Crippen molar-refractivity contribution >= 4 is 5.91 Å². The smallest absolute Gasteiger partial charge is 0.227 e. The molecule has 6 heteroatoms. The summed E-state index contributed by atoms with van der Waals surface area (Å²) in [4.78, 5) is 16.9. The summed E-state index contributed by atoms with van der Waals surface area (Å²) in [5, 5.41) is 4.34. The maximum atomic E-state index is 13.4. The van der Waals surface area contributed by atoms with E-state index in [0.717, 1.165) is 25.2 Å². The van der Waals surface area contributed by atoms with Crippen LogP contribution in [0.1, 0.15) is 17.7 Å². The normalized spacial score (nSPS) is 17.7. The minimum absolute atomic E-state index is 0.0297. The van der Waals surface area contributed by atoms with Crippen molar-refractivity contribution in [1.82, 2.24) is 19.6 Å². The maximum absolute atomic E-state index is 13.4. The molecule has 24 heavy (non-hydrogen) atoms. The van der Waals surface area contributed by atoms with E-state index in [4.69, 9.17) is 0 Å². The van der Waals surface area contributed by atoms with Crippen molar-refractivity contribution in [2.24, 2.45) is 0 Å². The molecule has 1 unspecified atom stereocenters. The molecule has 1 aliphatic heterocycles. The van der Waals surface area contributed by atoms with Gasteiger partial charge in [-0.2, -0.15) is 5.10 Å². The Kier molecular flexibility index (Phi) is 4.94. The van der Waals surface area contributed by atoms with Crippen molar-refractivity contribution in [3.63, 3.8) is 0 Å². The van der Waals surface area contributed by atoms with Crippen LogP contribution in [0.3, 0.4) is 0 Å². The average Bonchev–Trinajstić information content (AvgIpc) is 2.89. The second-order valence-corrected chi connectivity index (χ2v) is 6.58. The van der Waals surface area contributed by atoms with Gasteiger partial charge in [0, 0.05) is 25.3 Å². The van der Waals surface area contributed by atoms with E-state index in [-0.39, 0.29) is 24.2 Å². The molecule has 5 nitrogen and oxygen atoms in total. The Balaban J connectivity index is 1.81. The fourth-order valence-corrected chi connectivity index (χ4v) is 3.25. The van der Waals surface area contributed by atoms with Gasteiger partial charge in [0.25, 0.3) is 0 Å². The summed E-state index contributed by atoms with van der Waals surface area (Å²) < 4.78 is 15.4. The van der Waals surface area contributed by atoms with Crippen LogP contribution in [-0.4, -0.2) is 52.2 Å². The molecule has 128 valence electrons. The van der Waals surface area contributed by atoms with Crippen LogP contribution in [0, 0.1) is 5.82 Å². The second-order valence-electron chi connectivity index (χ2n) is 6.58. The zero-order chi connectivity index (χ0) is 17.1. The van der Waals surface area contributed by atoms with E-state index >= 15 is 0 Å². The predicted octanol–water partition coefficient (Wildman–Crippen LogP) is 1.93. The van der Waals surface area contributed by atoms with Gasteiger partial charge in [0.15, 0.2) is 0 Å².